The molecule has 0 radical (unpaired) electrons. The molecule has 144 valence electrons. The highest BCUT2D eigenvalue weighted by Crippen LogP contribution is 2.66. The summed E-state index contributed by atoms with van der Waals surface area (Å²) >= 11 is 0. The molecule has 0 aromatic heterocycles. The summed E-state index contributed by atoms with van der Waals surface area (Å²) in [7, 11) is 0. The first kappa shape index (κ1) is 18.3. The fourth-order valence-corrected chi connectivity index (χ4v) is 6.58. The molecule has 0 aliphatic heterocycles. The van der Waals surface area contributed by atoms with Crippen LogP contribution < -0.4 is 0 Å². The molecule has 6 unspecified atom stereocenters. The van der Waals surface area contributed by atoms with Crippen LogP contribution in [0.4, 0.5) is 0 Å². The molecule has 4 aliphatic rings. The van der Waals surface area contributed by atoms with Crippen molar-refractivity contribution in [3.63, 3.8) is 0 Å². The summed E-state index contributed by atoms with van der Waals surface area (Å²) in [5.74, 6) is -3.40. The molecular weight excluding hydrogens is 348 g/mol. The minimum atomic E-state index is -2.00. The van der Waals surface area contributed by atoms with E-state index in [1.807, 2.05) is 13.0 Å². The van der Waals surface area contributed by atoms with Crippen molar-refractivity contribution in [3.05, 3.63) is 23.8 Å². The van der Waals surface area contributed by atoms with Gasteiger partial charge in [-0.2, -0.15) is 0 Å². The summed E-state index contributed by atoms with van der Waals surface area (Å²) in [4.78, 5) is 48.7. The first-order chi connectivity index (χ1) is 12.5. The first-order valence-electron chi connectivity index (χ1n) is 9.52. The number of Topliss-reactive ketones (excluding diaryl/α,β-unsaturated/α-hetero) is 2. The van der Waals surface area contributed by atoms with Crippen molar-refractivity contribution in [3.8, 4) is 0 Å². The highest BCUT2D eigenvalue weighted by Gasteiger charge is 2.69. The van der Waals surface area contributed by atoms with Gasteiger partial charge in [-0.15, -0.1) is 0 Å². The van der Waals surface area contributed by atoms with E-state index in [4.69, 9.17) is 0 Å². The van der Waals surface area contributed by atoms with Gasteiger partial charge in [0, 0.05) is 23.2 Å². The van der Waals surface area contributed by atoms with Crippen molar-refractivity contribution in [2.45, 2.75) is 51.6 Å². The highest BCUT2D eigenvalue weighted by atomic mass is 16.4. The Morgan fingerprint density at radius 3 is 2.56 bits per heavy atom. The number of ketones is 3. The quantitative estimate of drug-likeness (QED) is 0.716. The van der Waals surface area contributed by atoms with Crippen LogP contribution >= 0.6 is 0 Å². The number of allylic oxidation sites excluding steroid dienone is 4. The lowest BCUT2D eigenvalue weighted by atomic mass is 9.46. The van der Waals surface area contributed by atoms with E-state index in [-0.39, 0.29) is 42.2 Å². The fourth-order valence-electron chi connectivity index (χ4n) is 6.58. The molecule has 0 spiro atoms. The molecule has 0 bridgehead atoms. The Bertz CT molecular complexity index is 838. The number of carbonyl (C=O) groups is 4. The van der Waals surface area contributed by atoms with Gasteiger partial charge >= 0.3 is 5.97 Å². The van der Waals surface area contributed by atoms with Gasteiger partial charge in [0.05, 0.1) is 0 Å². The van der Waals surface area contributed by atoms with Crippen LogP contribution in [-0.2, 0) is 19.2 Å². The van der Waals surface area contributed by atoms with Crippen molar-refractivity contribution in [2.24, 2.45) is 28.6 Å². The molecule has 3 fully saturated rings. The smallest absolute Gasteiger partial charge is 0.375 e. The number of rotatable bonds is 2. The maximum Gasteiger partial charge on any atom is 0.375 e. The summed E-state index contributed by atoms with van der Waals surface area (Å²) in [5, 5.41) is 20.3. The van der Waals surface area contributed by atoms with Crippen LogP contribution in [0.25, 0.3) is 0 Å². The average molecular weight is 372 g/mol. The van der Waals surface area contributed by atoms with Crippen molar-refractivity contribution in [1.29, 1.82) is 0 Å². The molecule has 3 saturated carbocycles. The van der Waals surface area contributed by atoms with Crippen LogP contribution in [0, 0.1) is 28.6 Å². The lowest BCUT2D eigenvalue weighted by Crippen LogP contribution is -2.61. The third kappa shape index (κ3) is 2.16. The monoisotopic (exact) mass is 372 g/mol. The Balaban J connectivity index is 1.76. The average Bonchev–Trinajstić information content (AvgIpc) is 2.86. The zero-order valence-electron chi connectivity index (χ0n) is 15.5. The Labute approximate surface area is 157 Å². The molecule has 0 aromatic rings. The third-order valence-corrected chi connectivity index (χ3v) is 7.98. The number of hydrogen-bond acceptors (Lipinski definition) is 5. The number of carboxylic acid groups (broad SMARTS) is 1. The Kier molecular flexibility index (Phi) is 3.71. The van der Waals surface area contributed by atoms with E-state index in [0.717, 1.165) is 5.57 Å². The van der Waals surface area contributed by atoms with Gasteiger partial charge in [0.1, 0.15) is 11.4 Å². The first-order valence-corrected chi connectivity index (χ1v) is 9.52. The second-order valence-corrected chi connectivity index (χ2v) is 9.07. The van der Waals surface area contributed by atoms with Crippen molar-refractivity contribution >= 4 is 23.3 Å². The van der Waals surface area contributed by atoms with E-state index in [9.17, 15) is 29.4 Å². The van der Waals surface area contributed by atoms with E-state index >= 15 is 0 Å². The minimum Gasteiger partial charge on any atom is -0.475 e. The van der Waals surface area contributed by atoms with Crippen molar-refractivity contribution in [1.82, 2.24) is 0 Å². The topological polar surface area (TPSA) is 109 Å². The number of aliphatic carboxylic acids is 1. The van der Waals surface area contributed by atoms with Crippen molar-refractivity contribution in [2.75, 3.05) is 0 Å². The predicted octanol–water partition coefficient (Wildman–Crippen LogP) is 1.86. The minimum absolute atomic E-state index is 0.0149. The molecule has 0 heterocycles. The largest absolute Gasteiger partial charge is 0.475 e. The number of aliphatic hydroxyl groups is 1. The summed E-state index contributed by atoms with van der Waals surface area (Å²) in [6.07, 6.45) is 6.98. The van der Waals surface area contributed by atoms with Crippen LogP contribution in [0.2, 0.25) is 0 Å². The molecule has 4 rings (SSSR count). The van der Waals surface area contributed by atoms with Gasteiger partial charge in [-0.1, -0.05) is 25.5 Å². The van der Waals surface area contributed by atoms with E-state index in [1.165, 1.54) is 6.08 Å². The SMILES string of the molecule is CC12C=CC(=O)C=C1CCC1C2C(=O)CC2(C)C1CCC2(O)C(=O)C(=O)O. The lowest BCUT2D eigenvalue weighted by Gasteiger charge is -2.56. The van der Waals surface area contributed by atoms with Gasteiger partial charge in [0.25, 0.3) is 5.78 Å². The lowest BCUT2D eigenvalue weighted by molar-refractivity contribution is -0.175. The summed E-state index contributed by atoms with van der Waals surface area (Å²) in [5.41, 5.74) is -2.61. The van der Waals surface area contributed by atoms with Gasteiger partial charge in [-0.25, -0.2) is 4.79 Å². The van der Waals surface area contributed by atoms with E-state index in [0.29, 0.717) is 19.3 Å². The zero-order chi connectivity index (χ0) is 19.8. The zero-order valence-corrected chi connectivity index (χ0v) is 15.5. The van der Waals surface area contributed by atoms with Gasteiger partial charge in [-0.05, 0) is 49.7 Å². The van der Waals surface area contributed by atoms with Crippen LogP contribution in [0.1, 0.15) is 46.0 Å². The van der Waals surface area contributed by atoms with Gasteiger partial charge in [0.2, 0.25) is 0 Å². The second-order valence-electron chi connectivity index (χ2n) is 9.07. The van der Waals surface area contributed by atoms with Gasteiger partial charge < -0.3 is 10.2 Å². The fraction of sp³-hybridized carbons (Fsp3) is 0.619. The second kappa shape index (κ2) is 5.47. The Morgan fingerprint density at radius 1 is 1.19 bits per heavy atom. The Hall–Kier alpha value is -2.08. The molecule has 6 nitrogen and oxygen atoms in total. The van der Waals surface area contributed by atoms with E-state index in [2.05, 4.69) is 0 Å². The molecule has 0 aromatic carbocycles. The Morgan fingerprint density at radius 2 is 1.89 bits per heavy atom. The van der Waals surface area contributed by atoms with Crippen LogP contribution in [0.15, 0.2) is 23.8 Å². The van der Waals surface area contributed by atoms with Crippen LogP contribution in [0.3, 0.4) is 0 Å². The number of carboxylic acids is 1. The molecule has 27 heavy (non-hydrogen) atoms. The summed E-state index contributed by atoms with van der Waals surface area (Å²) in [6, 6.07) is 0. The normalized spacial score (nSPS) is 45.6. The van der Waals surface area contributed by atoms with E-state index in [1.54, 1.807) is 13.0 Å². The predicted molar refractivity (Wildman–Crippen MR) is 94.6 cm³/mol. The molecule has 4 aliphatic carbocycles. The van der Waals surface area contributed by atoms with Crippen molar-refractivity contribution < 1.29 is 29.4 Å². The summed E-state index contributed by atoms with van der Waals surface area (Å²) in [6.45, 7) is 3.69. The molecule has 0 saturated heterocycles. The maximum atomic E-state index is 13.3. The standard InChI is InChI=1S/C21H24O6/c1-19-7-5-12(22)9-11(19)3-4-13-14-6-8-21(27,17(24)18(25)26)20(14,2)10-15(23)16(13)19/h5,7,9,13-14,16,27H,3-4,6,8,10H2,1-2H3,(H,25,26). The summed E-state index contributed by atoms with van der Waals surface area (Å²) < 4.78 is 0. The van der Waals surface area contributed by atoms with Gasteiger partial charge in [-0.3, -0.25) is 14.4 Å². The van der Waals surface area contributed by atoms with Crippen LogP contribution in [0.5, 0.6) is 0 Å². The molecule has 2 N–H and O–H groups in total. The maximum absolute atomic E-state index is 13.3. The number of fused-ring (bicyclic) bond motifs is 5. The molecule has 6 heteroatoms. The number of hydrogen-bond donors (Lipinski definition) is 2. The third-order valence-electron chi connectivity index (χ3n) is 7.98. The molecular formula is C21H24O6. The van der Waals surface area contributed by atoms with Gasteiger partial charge in [0.15, 0.2) is 5.78 Å². The van der Waals surface area contributed by atoms with E-state index < -0.39 is 28.2 Å². The molecule has 0 amide bonds. The number of carbonyl (C=O) groups excluding carboxylic acids is 3. The molecule has 6 atom stereocenters. The van der Waals surface area contributed by atoms with Crippen LogP contribution in [-0.4, -0.2) is 39.1 Å². The highest BCUT2D eigenvalue weighted by molar-refractivity contribution is 6.36.